The van der Waals surface area contributed by atoms with Crippen molar-refractivity contribution in [3.63, 3.8) is 0 Å². The summed E-state index contributed by atoms with van der Waals surface area (Å²) in [5.41, 5.74) is 0. The Labute approximate surface area is 144 Å². The molecular weight excluding hydrogens is 288 g/mol. The molecule has 0 saturated heterocycles. The molecule has 0 heterocycles. The molecule has 0 aromatic heterocycles. The smallest absolute Gasteiger partial charge is 0.308 e. The number of aliphatic hydroxyl groups excluding tert-OH is 1. The van der Waals surface area contributed by atoms with E-state index >= 15 is 0 Å². The second-order valence-corrected chi connectivity index (χ2v) is 6.73. The van der Waals surface area contributed by atoms with Gasteiger partial charge in [0.1, 0.15) is 0 Å². The lowest BCUT2D eigenvalue weighted by Crippen LogP contribution is -2.17. The molecule has 3 nitrogen and oxygen atoms in total. The van der Waals surface area contributed by atoms with Gasteiger partial charge in [-0.05, 0) is 12.8 Å². The highest BCUT2D eigenvalue weighted by atomic mass is 16.6. The molecular formula is C20H40O3. The van der Waals surface area contributed by atoms with E-state index in [2.05, 4.69) is 13.8 Å². The minimum atomic E-state index is -0.900. The van der Waals surface area contributed by atoms with Crippen molar-refractivity contribution in [1.29, 1.82) is 0 Å². The third kappa shape index (κ3) is 17.6. The number of unbranched alkanes of at least 4 members (excludes halogenated alkanes) is 12. The molecule has 0 bridgehead atoms. The van der Waals surface area contributed by atoms with Crippen LogP contribution in [0.2, 0.25) is 0 Å². The van der Waals surface area contributed by atoms with Crippen LogP contribution < -0.4 is 0 Å². The zero-order chi connectivity index (χ0) is 17.2. The number of hydrogen-bond acceptors (Lipinski definition) is 3. The molecule has 0 fully saturated rings. The monoisotopic (exact) mass is 328 g/mol. The van der Waals surface area contributed by atoms with Crippen LogP contribution in [0.25, 0.3) is 0 Å². The molecule has 0 aromatic carbocycles. The summed E-state index contributed by atoms with van der Waals surface area (Å²) in [4.78, 5) is 11.6. The van der Waals surface area contributed by atoms with E-state index in [9.17, 15) is 9.90 Å². The Hall–Kier alpha value is -0.570. The second-order valence-electron chi connectivity index (χ2n) is 6.73. The summed E-state index contributed by atoms with van der Waals surface area (Å²) in [6, 6.07) is 0. The Kier molecular flexibility index (Phi) is 17.3. The number of rotatable bonds is 17. The van der Waals surface area contributed by atoms with Gasteiger partial charge in [0.05, 0.1) is 0 Å². The minimum Gasteiger partial charge on any atom is -0.436 e. The predicted molar refractivity (Wildman–Crippen MR) is 97.3 cm³/mol. The van der Waals surface area contributed by atoms with E-state index in [1.165, 1.54) is 64.2 Å². The first-order valence-electron chi connectivity index (χ1n) is 10.1. The number of carbonyl (C=O) groups excluding carboxylic acids is 1. The van der Waals surface area contributed by atoms with Gasteiger partial charge >= 0.3 is 5.97 Å². The first-order chi connectivity index (χ1) is 11.2. The zero-order valence-corrected chi connectivity index (χ0v) is 15.7. The molecule has 23 heavy (non-hydrogen) atoms. The van der Waals surface area contributed by atoms with Gasteiger partial charge in [0.15, 0.2) is 0 Å². The van der Waals surface area contributed by atoms with Crippen molar-refractivity contribution in [3.05, 3.63) is 0 Å². The van der Waals surface area contributed by atoms with Crippen molar-refractivity contribution in [3.8, 4) is 0 Å². The lowest BCUT2D eigenvalue weighted by atomic mass is 10.1. The lowest BCUT2D eigenvalue weighted by Gasteiger charge is -2.12. The Bertz CT molecular complexity index is 253. The Balaban J connectivity index is 3.32. The van der Waals surface area contributed by atoms with Crippen LogP contribution in [0, 0.1) is 0 Å². The first kappa shape index (κ1) is 22.4. The van der Waals surface area contributed by atoms with E-state index < -0.39 is 6.29 Å². The van der Waals surface area contributed by atoms with Gasteiger partial charge < -0.3 is 9.84 Å². The molecule has 1 N–H and O–H groups in total. The quantitative estimate of drug-likeness (QED) is 0.198. The molecule has 0 spiro atoms. The maximum atomic E-state index is 11.6. The maximum absolute atomic E-state index is 11.6. The van der Waals surface area contributed by atoms with Crippen LogP contribution >= 0.6 is 0 Å². The van der Waals surface area contributed by atoms with E-state index in [-0.39, 0.29) is 5.97 Å². The fourth-order valence-corrected chi connectivity index (χ4v) is 2.77. The maximum Gasteiger partial charge on any atom is 0.308 e. The third-order valence-electron chi connectivity index (χ3n) is 4.31. The molecule has 1 unspecified atom stereocenters. The molecule has 0 saturated carbocycles. The van der Waals surface area contributed by atoms with Crippen molar-refractivity contribution < 1.29 is 14.6 Å². The highest BCUT2D eigenvalue weighted by Crippen LogP contribution is 2.12. The first-order valence-corrected chi connectivity index (χ1v) is 10.1. The lowest BCUT2D eigenvalue weighted by molar-refractivity contribution is -0.168. The van der Waals surface area contributed by atoms with E-state index in [1.807, 2.05) is 0 Å². The van der Waals surface area contributed by atoms with E-state index in [4.69, 9.17) is 4.74 Å². The molecule has 1 atom stereocenters. The van der Waals surface area contributed by atoms with Crippen molar-refractivity contribution in [1.82, 2.24) is 0 Å². The average molecular weight is 329 g/mol. The molecule has 0 amide bonds. The van der Waals surface area contributed by atoms with Crippen LogP contribution in [0.5, 0.6) is 0 Å². The van der Waals surface area contributed by atoms with Crippen LogP contribution in [0.4, 0.5) is 0 Å². The summed E-state index contributed by atoms with van der Waals surface area (Å²) in [6.45, 7) is 4.42. The molecule has 0 aliphatic carbocycles. The Morgan fingerprint density at radius 3 is 1.70 bits per heavy atom. The fraction of sp³-hybridized carbons (Fsp3) is 0.950. The van der Waals surface area contributed by atoms with Crippen LogP contribution in [0.15, 0.2) is 0 Å². The van der Waals surface area contributed by atoms with Crippen molar-refractivity contribution in [2.45, 2.75) is 123 Å². The van der Waals surface area contributed by atoms with Crippen molar-refractivity contribution >= 4 is 5.97 Å². The summed E-state index contributed by atoms with van der Waals surface area (Å²) in [5, 5.41) is 9.72. The largest absolute Gasteiger partial charge is 0.436 e. The highest BCUT2D eigenvalue weighted by Gasteiger charge is 2.10. The van der Waals surface area contributed by atoms with Gasteiger partial charge in [-0.1, -0.05) is 90.9 Å². The Morgan fingerprint density at radius 2 is 1.17 bits per heavy atom. The van der Waals surface area contributed by atoms with Gasteiger partial charge in [-0.15, -0.1) is 0 Å². The minimum absolute atomic E-state index is 0.245. The summed E-state index contributed by atoms with van der Waals surface area (Å²) in [6.07, 6.45) is 17.0. The number of ether oxygens (including phenoxy) is 1. The predicted octanol–water partition coefficient (Wildman–Crippen LogP) is 6.13. The van der Waals surface area contributed by atoms with Gasteiger partial charge in [-0.3, -0.25) is 4.79 Å². The van der Waals surface area contributed by atoms with Gasteiger partial charge in [0.2, 0.25) is 6.29 Å². The SMILES string of the molecule is CCCCCCCCCCCC(O)OC(=O)CCCCCCC. The number of esters is 1. The molecule has 0 radical (unpaired) electrons. The summed E-state index contributed by atoms with van der Waals surface area (Å²) in [5.74, 6) is -0.245. The summed E-state index contributed by atoms with van der Waals surface area (Å²) >= 11 is 0. The van der Waals surface area contributed by atoms with Crippen LogP contribution in [-0.4, -0.2) is 17.4 Å². The van der Waals surface area contributed by atoms with Crippen LogP contribution in [0.3, 0.4) is 0 Å². The normalized spacial score (nSPS) is 12.3. The number of carbonyl (C=O) groups is 1. The van der Waals surface area contributed by atoms with E-state index in [0.717, 1.165) is 25.7 Å². The molecule has 0 aliphatic rings. The number of aliphatic hydroxyl groups is 1. The van der Waals surface area contributed by atoms with Gasteiger partial charge in [-0.25, -0.2) is 0 Å². The molecule has 0 rings (SSSR count). The second kappa shape index (κ2) is 17.8. The van der Waals surface area contributed by atoms with Crippen molar-refractivity contribution in [2.24, 2.45) is 0 Å². The zero-order valence-electron chi connectivity index (χ0n) is 15.7. The average Bonchev–Trinajstić information content (AvgIpc) is 2.53. The van der Waals surface area contributed by atoms with Crippen molar-refractivity contribution in [2.75, 3.05) is 0 Å². The van der Waals surface area contributed by atoms with E-state index in [1.54, 1.807) is 0 Å². The van der Waals surface area contributed by atoms with Gasteiger partial charge in [-0.2, -0.15) is 0 Å². The Morgan fingerprint density at radius 1 is 0.739 bits per heavy atom. The summed E-state index contributed by atoms with van der Waals surface area (Å²) < 4.78 is 5.05. The topological polar surface area (TPSA) is 46.5 Å². The molecule has 138 valence electrons. The fourth-order valence-electron chi connectivity index (χ4n) is 2.77. The third-order valence-corrected chi connectivity index (χ3v) is 4.31. The van der Waals surface area contributed by atoms with Gasteiger partial charge in [0, 0.05) is 12.8 Å². The molecule has 3 heteroatoms. The highest BCUT2D eigenvalue weighted by molar-refractivity contribution is 5.69. The molecule has 0 aromatic rings. The van der Waals surface area contributed by atoms with Crippen LogP contribution in [0.1, 0.15) is 117 Å². The van der Waals surface area contributed by atoms with Crippen LogP contribution in [-0.2, 0) is 9.53 Å². The standard InChI is InChI=1S/C20H40O3/c1-3-5-7-9-10-11-12-14-16-18-20(22)23-19(21)17-15-13-8-6-4-2/h20,22H,3-18H2,1-2H3. The number of hydrogen-bond donors (Lipinski definition) is 1. The van der Waals surface area contributed by atoms with Gasteiger partial charge in [0.25, 0.3) is 0 Å². The summed E-state index contributed by atoms with van der Waals surface area (Å²) in [7, 11) is 0. The molecule has 0 aliphatic heterocycles. The van der Waals surface area contributed by atoms with E-state index in [0.29, 0.717) is 12.8 Å².